The van der Waals surface area contributed by atoms with Crippen LogP contribution in [0.5, 0.6) is 11.5 Å². The number of hydrogen-bond donors (Lipinski definition) is 1. The molecule has 0 spiro atoms. The van der Waals surface area contributed by atoms with Crippen molar-refractivity contribution in [2.24, 2.45) is 0 Å². The second kappa shape index (κ2) is 9.15. The molecule has 2 nitrogen and oxygen atoms in total. The Labute approximate surface area is 116 Å². The van der Waals surface area contributed by atoms with Crippen molar-refractivity contribution in [3.63, 3.8) is 0 Å². The van der Waals surface area contributed by atoms with Gasteiger partial charge in [0.1, 0.15) is 0 Å². The minimum Gasteiger partial charge on any atom is -0.493 e. The molecule has 102 valence electrons. The highest BCUT2D eigenvalue weighted by molar-refractivity contribution is 7.80. The third kappa shape index (κ3) is 5.21. The number of benzene rings is 1. The number of unbranched alkanes of at least 4 members (excludes halogenated alkanes) is 3. The Morgan fingerprint density at radius 2 is 1.83 bits per heavy atom. The number of hydrogen-bond acceptors (Lipinski definition) is 3. The summed E-state index contributed by atoms with van der Waals surface area (Å²) >= 11 is 4.20. The van der Waals surface area contributed by atoms with Crippen molar-refractivity contribution in [1.82, 2.24) is 0 Å². The van der Waals surface area contributed by atoms with Crippen molar-refractivity contribution < 1.29 is 9.47 Å². The molecule has 0 atom stereocenters. The molecule has 0 fully saturated rings. The predicted molar refractivity (Wildman–Crippen MR) is 80.2 cm³/mol. The van der Waals surface area contributed by atoms with Gasteiger partial charge in [0.05, 0.1) is 13.7 Å². The SMILES string of the molecule is CCc1ccc(OCCCCCCS)c(OC)c1. The average molecular weight is 268 g/mol. The Kier molecular flexibility index (Phi) is 7.74. The molecule has 3 heteroatoms. The number of thiol groups is 1. The fraction of sp³-hybridized carbons (Fsp3) is 0.600. The maximum atomic E-state index is 5.76. The molecule has 0 heterocycles. The maximum absolute atomic E-state index is 5.76. The van der Waals surface area contributed by atoms with E-state index in [0.29, 0.717) is 0 Å². The van der Waals surface area contributed by atoms with Gasteiger partial charge < -0.3 is 9.47 Å². The van der Waals surface area contributed by atoms with Gasteiger partial charge in [0.15, 0.2) is 11.5 Å². The molecule has 0 saturated heterocycles. The summed E-state index contributed by atoms with van der Waals surface area (Å²) in [6.07, 6.45) is 5.74. The van der Waals surface area contributed by atoms with Gasteiger partial charge in [-0.05, 0) is 42.7 Å². The van der Waals surface area contributed by atoms with Crippen molar-refractivity contribution in [3.8, 4) is 11.5 Å². The van der Waals surface area contributed by atoms with Gasteiger partial charge in [-0.1, -0.05) is 25.8 Å². The average Bonchev–Trinajstić information content (AvgIpc) is 2.42. The molecule has 0 bridgehead atoms. The first kappa shape index (κ1) is 15.2. The molecular formula is C15H24O2S. The van der Waals surface area contributed by atoms with Crippen LogP contribution in [0.1, 0.15) is 38.2 Å². The van der Waals surface area contributed by atoms with Crippen LogP contribution in [-0.2, 0) is 6.42 Å². The zero-order valence-corrected chi connectivity index (χ0v) is 12.3. The summed E-state index contributed by atoms with van der Waals surface area (Å²) < 4.78 is 11.1. The molecule has 0 saturated carbocycles. The zero-order chi connectivity index (χ0) is 13.2. The Balaban J connectivity index is 2.37. The largest absolute Gasteiger partial charge is 0.493 e. The van der Waals surface area contributed by atoms with Crippen molar-refractivity contribution in [2.45, 2.75) is 39.0 Å². The van der Waals surface area contributed by atoms with E-state index in [4.69, 9.17) is 9.47 Å². The van der Waals surface area contributed by atoms with Crippen molar-refractivity contribution in [3.05, 3.63) is 23.8 Å². The maximum Gasteiger partial charge on any atom is 0.161 e. The van der Waals surface area contributed by atoms with Crippen molar-refractivity contribution >= 4 is 12.6 Å². The van der Waals surface area contributed by atoms with Crippen molar-refractivity contribution in [1.29, 1.82) is 0 Å². The Morgan fingerprint density at radius 3 is 2.50 bits per heavy atom. The van der Waals surface area contributed by atoms with Gasteiger partial charge in [-0.3, -0.25) is 0 Å². The molecule has 0 aliphatic carbocycles. The van der Waals surface area contributed by atoms with Crippen LogP contribution < -0.4 is 9.47 Å². The zero-order valence-electron chi connectivity index (χ0n) is 11.4. The highest BCUT2D eigenvalue weighted by Gasteiger charge is 2.04. The summed E-state index contributed by atoms with van der Waals surface area (Å²) in [5.74, 6) is 2.67. The van der Waals surface area contributed by atoms with E-state index in [0.717, 1.165) is 36.7 Å². The molecule has 1 rings (SSSR count). The molecule has 0 aromatic heterocycles. The van der Waals surface area contributed by atoms with Gasteiger partial charge >= 0.3 is 0 Å². The molecule has 0 N–H and O–H groups in total. The van der Waals surface area contributed by atoms with Gasteiger partial charge in [-0.2, -0.15) is 12.6 Å². The lowest BCUT2D eigenvalue weighted by atomic mass is 10.1. The Bertz CT molecular complexity index is 339. The monoisotopic (exact) mass is 268 g/mol. The quantitative estimate of drug-likeness (QED) is 0.536. The smallest absolute Gasteiger partial charge is 0.161 e. The van der Waals surface area contributed by atoms with Gasteiger partial charge in [-0.15, -0.1) is 0 Å². The number of aryl methyl sites for hydroxylation is 1. The first-order chi connectivity index (χ1) is 8.81. The van der Waals surface area contributed by atoms with E-state index in [2.05, 4.69) is 31.7 Å². The summed E-state index contributed by atoms with van der Waals surface area (Å²) in [7, 11) is 1.69. The van der Waals surface area contributed by atoms with E-state index in [1.54, 1.807) is 7.11 Å². The molecule has 0 amide bonds. The molecule has 1 aromatic carbocycles. The van der Waals surface area contributed by atoms with E-state index in [-0.39, 0.29) is 0 Å². The van der Waals surface area contributed by atoms with E-state index < -0.39 is 0 Å². The highest BCUT2D eigenvalue weighted by atomic mass is 32.1. The molecule has 0 radical (unpaired) electrons. The van der Waals surface area contributed by atoms with Crippen LogP contribution in [0.2, 0.25) is 0 Å². The third-order valence-corrected chi connectivity index (χ3v) is 3.26. The fourth-order valence-electron chi connectivity index (χ4n) is 1.80. The third-order valence-electron chi connectivity index (χ3n) is 2.95. The molecule has 0 aliphatic rings. The van der Waals surface area contributed by atoms with Crippen LogP contribution in [-0.4, -0.2) is 19.5 Å². The van der Waals surface area contributed by atoms with Crippen LogP contribution >= 0.6 is 12.6 Å². The van der Waals surface area contributed by atoms with Crippen LogP contribution in [0.15, 0.2) is 18.2 Å². The Morgan fingerprint density at radius 1 is 1.06 bits per heavy atom. The molecule has 18 heavy (non-hydrogen) atoms. The summed E-state index contributed by atoms with van der Waals surface area (Å²) in [5, 5.41) is 0. The van der Waals surface area contributed by atoms with E-state index in [9.17, 15) is 0 Å². The first-order valence-corrected chi connectivity index (χ1v) is 7.35. The summed E-state index contributed by atoms with van der Waals surface area (Å²) in [4.78, 5) is 0. The van der Waals surface area contributed by atoms with Gasteiger partial charge in [0, 0.05) is 0 Å². The number of ether oxygens (including phenoxy) is 2. The minimum absolute atomic E-state index is 0.758. The van der Waals surface area contributed by atoms with Crippen LogP contribution in [0.4, 0.5) is 0 Å². The fourth-order valence-corrected chi connectivity index (χ4v) is 2.02. The van der Waals surface area contributed by atoms with E-state index in [1.165, 1.54) is 24.8 Å². The normalized spacial score (nSPS) is 10.4. The van der Waals surface area contributed by atoms with Crippen molar-refractivity contribution in [2.75, 3.05) is 19.5 Å². The molecule has 0 aliphatic heterocycles. The van der Waals surface area contributed by atoms with Crippen LogP contribution in [0.25, 0.3) is 0 Å². The summed E-state index contributed by atoms with van der Waals surface area (Å²) in [5.41, 5.74) is 1.27. The van der Waals surface area contributed by atoms with E-state index >= 15 is 0 Å². The number of rotatable bonds is 9. The van der Waals surface area contributed by atoms with E-state index in [1.807, 2.05) is 6.07 Å². The summed E-state index contributed by atoms with van der Waals surface area (Å²) in [6, 6.07) is 6.15. The van der Waals surface area contributed by atoms with Crippen LogP contribution in [0, 0.1) is 0 Å². The van der Waals surface area contributed by atoms with Crippen LogP contribution in [0.3, 0.4) is 0 Å². The molecule has 0 unspecified atom stereocenters. The standard InChI is InChI=1S/C15H24O2S/c1-3-13-8-9-14(15(12-13)16-2)17-10-6-4-5-7-11-18/h8-9,12,18H,3-7,10-11H2,1-2H3. The second-order valence-corrected chi connectivity index (χ2v) is 4.77. The van der Waals surface area contributed by atoms with Gasteiger partial charge in [-0.25, -0.2) is 0 Å². The lowest BCUT2D eigenvalue weighted by Crippen LogP contribution is -2.00. The predicted octanol–water partition coefficient (Wildman–Crippen LogP) is 4.13. The minimum atomic E-state index is 0.758. The Hall–Kier alpha value is -0.830. The van der Waals surface area contributed by atoms with Gasteiger partial charge in [0.2, 0.25) is 0 Å². The number of methoxy groups -OCH3 is 1. The topological polar surface area (TPSA) is 18.5 Å². The molecular weight excluding hydrogens is 244 g/mol. The summed E-state index contributed by atoms with van der Waals surface area (Å²) in [6.45, 7) is 2.89. The lowest BCUT2D eigenvalue weighted by Gasteiger charge is -2.11. The lowest BCUT2D eigenvalue weighted by molar-refractivity contribution is 0.285. The second-order valence-electron chi connectivity index (χ2n) is 4.33. The highest BCUT2D eigenvalue weighted by Crippen LogP contribution is 2.28. The van der Waals surface area contributed by atoms with Gasteiger partial charge in [0.25, 0.3) is 0 Å². The molecule has 1 aromatic rings. The first-order valence-electron chi connectivity index (χ1n) is 6.72.